The third kappa shape index (κ3) is 3.84. The van der Waals surface area contributed by atoms with E-state index in [1.165, 1.54) is 7.11 Å². The van der Waals surface area contributed by atoms with Gasteiger partial charge in [-0.25, -0.2) is 4.79 Å². The van der Waals surface area contributed by atoms with Crippen molar-refractivity contribution in [3.63, 3.8) is 0 Å². The molecule has 118 valence electrons. The average Bonchev–Trinajstić information content (AvgIpc) is 2.76. The number of morpholine rings is 1. The molecular formula is C15H23NO5. The molecule has 1 aliphatic heterocycles. The Morgan fingerprint density at radius 1 is 1.57 bits per heavy atom. The Kier molecular flexibility index (Phi) is 4.70. The normalized spacial score (nSPS) is 22.2. The number of aliphatic hydroxyl groups is 1. The summed E-state index contributed by atoms with van der Waals surface area (Å²) >= 11 is 0. The zero-order valence-corrected chi connectivity index (χ0v) is 13.0. The zero-order chi connectivity index (χ0) is 15.6. The lowest BCUT2D eigenvalue weighted by atomic mass is 10.1. The molecule has 0 aromatic carbocycles. The van der Waals surface area contributed by atoms with Gasteiger partial charge in [0.1, 0.15) is 5.76 Å². The number of carbonyl (C=O) groups is 1. The van der Waals surface area contributed by atoms with Crippen LogP contribution in [0.25, 0.3) is 0 Å². The van der Waals surface area contributed by atoms with Crippen molar-refractivity contribution < 1.29 is 23.8 Å². The first-order valence-electron chi connectivity index (χ1n) is 7.03. The zero-order valence-electron chi connectivity index (χ0n) is 13.0. The van der Waals surface area contributed by atoms with Gasteiger partial charge in [-0.1, -0.05) is 0 Å². The number of esters is 1. The van der Waals surface area contributed by atoms with Gasteiger partial charge in [-0.2, -0.15) is 0 Å². The fourth-order valence-corrected chi connectivity index (χ4v) is 2.77. The first kappa shape index (κ1) is 16.0. The molecule has 6 nitrogen and oxygen atoms in total. The van der Waals surface area contributed by atoms with E-state index in [2.05, 4.69) is 9.64 Å². The second-order valence-electron chi connectivity index (χ2n) is 6.07. The van der Waals surface area contributed by atoms with Crippen molar-refractivity contribution in [3.05, 3.63) is 23.2 Å². The summed E-state index contributed by atoms with van der Waals surface area (Å²) in [6.07, 6.45) is -0.204. The minimum Gasteiger partial charge on any atom is -0.463 e. The molecule has 0 saturated carbocycles. The molecule has 21 heavy (non-hydrogen) atoms. The third-order valence-corrected chi connectivity index (χ3v) is 3.47. The molecule has 2 heterocycles. The SMILES string of the molecule is COC(=O)c1oc(CN2CC(CO)OC(C)(C)C2)cc1C. The maximum absolute atomic E-state index is 11.6. The van der Waals surface area contributed by atoms with E-state index in [0.717, 1.165) is 12.1 Å². The van der Waals surface area contributed by atoms with E-state index in [4.69, 9.17) is 9.15 Å². The summed E-state index contributed by atoms with van der Waals surface area (Å²) in [6, 6.07) is 1.85. The molecular weight excluding hydrogens is 274 g/mol. The number of nitrogens with zero attached hydrogens (tertiary/aromatic N) is 1. The van der Waals surface area contributed by atoms with Gasteiger partial charge in [0.2, 0.25) is 5.76 Å². The highest BCUT2D eigenvalue weighted by molar-refractivity contribution is 5.87. The highest BCUT2D eigenvalue weighted by Gasteiger charge is 2.33. The Morgan fingerprint density at radius 2 is 2.29 bits per heavy atom. The molecule has 1 saturated heterocycles. The molecule has 1 N–H and O–H groups in total. The topological polar surface area (TPSA) is 72.1 Å². The van der Waals surface area contributed by atoms with Crippen LogP contribution >= 0.6 is 0 Å². The van der Waals surface area contributed by atoms with Crippen molar-refractivity contribution in [1.29, 1.82) is 0 Å². The second kappa shape index (κ2) is 6.17. The molecule has 1 aliphatic rings. The van der Waals surface area contributed by atoms with E-state index in [-0.39, 0.29) is 24.1 Å². The summed E-state index contributed by atoms with van der Waals surface area (Å²) in [4.78, 5) is 13.7. The molecule has 0 spiro atoms. The highest BCUT2D eigenvalue weighted by Crippen LogP contribution is 2.24. The largest absolute Gasteiger partial charge is 0.463 e. The van der Waals surface area contributed by atoms with Crippen molar-refractivity contribution >= 4 is 5.97 Å². The van der Waals surface area contributed by atoms with Crippen LogP contribution in [0.3, 0.4) is 0 Å². The second-order valence-corrected chi connectivity index (χ2v) is 6.07. The van der Waals surface area contributed by atoms with Crippen LogP contribution in [0.15, 0.2) is 10.5 Å². The number of aliphatic hydroxyl groups excluding tert-OH is 1. The molecule has 0 bridgehead atoms. The Bertz CT molecular complexity index is 508. The van der Waals surface area contributed by atoms with Gasteiger partial charge in [0.15, 0.2) is 0 Å². The van der Waals surface area contributed by atoms with E-state index in [1.807, 2.05) is 26.8 Å². The standard InChI is InChI=1S/C15H23NO5/c1-10-5-11(20-13(10)14(18)19-4)6-16-7-12(8-17)21-15(2,3)9-16/h5,12,17H,6-9H2,1-4H3. The van der Waals surface area contributed by atoms with Crippen molar-refractivity contribution in [1.82, 2.24) is 4.90 Å². The molecule has 6 heteroatoms. The summed E-state index contributed by atoms with van der Waals surface area (Å²) in [7, 11) is 1.33. The number of ether oxygens (including phenoxy) is 2. The number of furan rings is 1. The molecule has 2 rings (SSSR count). The van der Waals surface area contributed by atoms with Gasteiger partial charge >= 0.3 is 5.97 Å². The lowest BCUT2D eigenvalue weighted by Gasteiger charge is -2.42. The number of carbonyl (C=O) groups excluding carboxylic acids is 1. The summed E-state index contributed by atoms with van der Waals surface area (Å²) in [6.45, 7) is 7.74. The predicted octanol–water partition coefficient (Wildman–Crippen LogP) is 1.35. The van der Waals surface area contributed by atoms with Crippen LogP contribution in [0, 0.1) is 6.92 Å². The van der Waals surface area contributed by atoms with Crippen LogP contribution < -0.4 is 0 Å². The molecule has 0 aliphatic carbocycles. The maximum atomic E-state index is 11.6. The van der Waals surface area contributed by atoms with Crippen LogP contribution in [0.5, 0.6) is 0 Å². The fourth-order valence-electron chi connectivity index (χ4n) is 2.77. The van der Waals surface area contributed by atoms with Gasteiger partial charge in [-0.05, 0) is 26.8 Å². The van der Waals surface area contributed by atoms with Crippen LogP contribution in [-0.4, -0.2) is 54.5 Å². The number of rotatable bonds is 4. The number of hydrogen-bond donors (Lipinski definition) is 1. The fraction of sp³-hybridized carbons (Fsp3) is 0.667. The monoisotopic (exact) mass is 297 g/mol. The molecule has 0 radical (unpaired) electrons. The molecule has 1 aromatic heterocycles. The van der Waals surface area contributed by atoms with Crippen molar-refractivity contribution in [2.24, 2.45) is 0 Å². The van der Waals surface area contributed by atoms with Crippen molar-refractivity contribution in [2.45, 2.75) is 39.0 Å². The summed E-state index contributed by atoms with van der Waals surface area (Å²) in [5, 5.41) is 9.32. The van der Waals surface area contributed by atoms with Gasteiger partial charge in [0.25, 0.3) is 0 Å². The first-order valence-corrected chi connectivity index (χ1v) is 7.03. The first-order chi connectivity index (χ1) is 9.84. The molecule has 1 aromatic rings. The smallest absolute Gasteiger partial charge is 0.374 e. The van der Waals surface area contributed by atoms with Crippen LogP contribution in [0.2, 0.25) is 0 Å². The lowest BCUT2D eigenvalue weighted by molar-refractivity contribution is -0.151. The van der Waals surface area contributed by atoms with Crippen LogP contribution in [0.1, 0.15) is 35.7 Å². The van der Waals surface area contributed by atoms with Gasteiger partial charge < -0.3 is 19.0 Å². The minimum absolute atomic E-state index is 0.00940. The van der Waals surface area contributed by atoms with E-state index < -0.39 is 5.97 Å². The van der Waals surface area contributed by atoms with E-state index in [1.54, 1.807) is 0 Å². The van der Waals surface area contributed by atoms with E-state index in [0.29, 0.717) is 18.8 Å². The van der Waals surface area contributed by atoms with Crippen molar-refractivity contribution in [2.75, 3.05) is 26.8 Å². The Hall–Kier alpha value is -1.37. The molecule has 1 unspecified atom stereocenters. The van der Waals surface area contributed by atoms with Gasteiger partial charge in [-0.15, -0.1) is 0 Å². The Balaban J connectivity index is 2.09. The average molecular weight is 297 g/mol. The number of aryl methyl sites for hydroxylation is 1. The third-order valence-electron chi connectivity index (χ3n) is 3.47. The van der Waals surface area contributed by atoms with Crippen molar-refractivity contribution in [3.8, 4) is 0 Å². The number of hydrogen-bond acceptors (Lipinski definition) is 6. The van der Waals surface area contributed by atoms with E-state index in [9.17, 15) is 9.90 Å². The summed E-state index contributed by atoms with van der Waals surface area (Å²) in [5.74, 6) is 0.496. The summed E-state index contributed by atoms with van der Waals surface area (Å²) in [5.41, 5.74) is 0.446. The minimum atomic E-state index is -0.464. The predicted molar refractivity (Wildman–Crippen MR) is 76.1 cm³/mol. The molecule has 1 atom stereocenters. The highest BCUT2D eigenvalue weighted by atomic mass is 16.5. The van der Waals surface area contributed by atoms with Gasteiger partial charge in [0.05, 0.1) is 32.0 Å². The van der Waals surface area contributed by atoms with E-state index >= 15 is 0 Å². The Morgan fingerprint density at radius 3 is 2.90 bits per heavy atom. The lowest BCUT2D eigenvalue weighted by Crippen LogP contribution is -2.53. The maximum Gasteiger partial charge on any atom is 0.374 e. The van der Waals surface area contributed by atoms with Gasteiger partial charge in [-0.3, -0.25) is 4.90 Å². The Labute approximate surface area is 124 Å². The molecule has 1 fully saturated rings. The number of methoxy groups -OCH3 is 1. The van der Waals surface area contributed by atoms with Crippen LogP contribution in [0.4, 0.5) is 0 Å². The molecule has 0 amide bonds. The van der Waals surface area contributed by atoms with Gasteiger partial charge in [0, 0.05) is 18.7 Å². The van der Waals surface area contributed by atoms with Crippen LogP contribution in [-0.2, 0) is 16.0 Å². The quantitative estimate of drug-likeness (QED) is 0.846. The summed E-state index contributed by atoms with van der Waals surface area (Å²) < 4.78 is 16.1.